The first kappa shape index (κ1) is 19.0. The standard InChI is InChI=1S/C19H26N2O4/c1-12(2)24-14-8-6-7-13(9-14)16(22)11-20-18(23)15-10-17(25-21-15)19(3,4)5/h6-10,12,16,22H,11H2,1-5H3,(H,20,23). The Morgan fingerprint density at radius 3 is 2.64 bits per heavy atom. The summed E-state index contributed by atoms with van der Waals surface area (Å²) in [5.41, 5.74) is 0.657. The van der Waals surface area contributed by atoms with Crippen LogP contribution in [0.3, 0.4) is 0 Å². The van der Waals surface area contributed by atoms with Crippen LogP contribution in [0.5, 0.6) is 5.75 Å². The molecule has 0 saturated carbocycles. The monoisotopic (exact) mass is 346 g/mol. The van der Waals surface area contributed by atoms with Crippen LogP contribution in [-0.4, -0.2) is 28.8 Å². The number of benzene rings is 1. The lowest BCUT2D eigenvalue weighted by atomic mass is 9.93. The zero-order chi connectivity index (χ0) is 18.6. The number of carbonyl (C=O) groups excluding carboxylic acids is 1. The molecule has 1 atom stereocenters. The van der Waals surface area contributed by atoms with E-state index in [0.717, 1.165) is 0 Å². The first-order chi connectivity index (χ1) is 11.7. The molecule has 0 aliphatic rings. The van der Waals surface area contributed by atoms with E-state index >= 15 is 0 Å². The summed E-state index contributed by atoms with van der Waals surface area (Å²) in [6.45, 7) is 9.88. The smallest absolute Gasteiger partial charge is 0.273 e. The van der Waals surface area contributed by atoms with Gasteiger partial charge in [-0.1, -0.05) is 38.1 Å². The highest BCUT2D eigenvalue weighted by Crippen LogP contribution is 2.23. The van der Waals surface area contributed by atoms with E-state index in [1.807, 2.05) is 46.8 Å². The Balaban J connectivity index is 1.96. The lowest BCUT2D eigenvalue weighted by molar-refractivity contribution is 0.0907. The van der Waals surface area contributed by atoms with Crippen molar-refractivity contribution in [2.45, 2.75) is 52.2 Å². The molecule has 0 spiro atoms. The zero-order valence-corrected chi connectivity index (χ0v) is 15.4. The molecule has 1 amide bonds. The lowest BCUT2D eigenvalue weighted by Crippen LogP contribution is -2.28. The van der Waals surface area contributed by atoms with E-state index in [2.05, 4.69) is 10.5 Å². The highest BCUT2D eigenvalue weighted by atomic mass is 16.5. The highest BCUT2D eigenvalue weighted by molar-refractivity contribution is 5.92. The molecule has 0 radical (unpaired) electrons. The van der Waals surface area contributed by atoms with Gasteiger partial charge < -0.3 is 19.7 Å². The molecule has 6 heteroatoms. The van der Waals surface area contributed by atoms with Crippen molar-refractivity contribution >= 4 is 5.91 Å². The Kier molecular flexibility index (Phi) is 5.85. The van der Waals surface area contributed by atoms with Gasteiger partial charge in [0.05, 0.1) is 12.2 Å². The van der Waals surface area contributed by atoms with Gasteiger partial charge in [-0.2, -0.15) is 0 Å². The van der Waals surface area contributed by atoms with Gasteiger partial charge >= 0.3 is 0 Å². The van der Waals surface area contributed by atoms with Crippen LogP contribution in [0, 0.1) is 0 Å². The fourth-order valence-electron chi connectivity index (χ4n) is 2.20. The number of rotatable bonds is 6. The first-order valence-electron chi connectivity index (χ1n) is 8.37. The molecule has 0 fully saturated rings. The van der Waals surface area contributed by atoms with Crippen molar-refractivity contribution in [3.63, 3.8) is 0 Å². The lowest BCUT2D eigenvalue weighted by Gasteiger charge is -2.14. The van der Waals surface area contributed by atoms with E-state index in [1.165, 1.54) is 0 Å². The third kappa shape index (κ3) is 5.32. The maximum Gasteiger partial charge on any atom is 0.273 e. The number of aromatic nitrogens is 1. The van der Waals surface area contributed by atoms with Crippen LogP contribution in [0.2, 0.25) is 0 Å². The van der Waals surface area contributed by atoms with Gasteiger partial charge in [-0.25, -0.2) is 0 Å². The zero-order valence-electron chi connectivity index (χ0n) is 15.4. The summed E-state index contributed by atoms with van der Waals surface area (Å²) in [5.74, 6) is 0.939. The predicted octanol–water partition coefficient (Wildman–Crippen LogP) is 3.22. The van der Waals surface area contributed by atoms with Crippen LogP contribution in [0.15, 0.2) is 34.9 Å². The molecule has 6 nitrogen and oxygen atoms in total. The summed E-state index contributed by atoms with van der Waals surface area (Å²) in [6, 6.07) is 8.82. The van der Waals surface area contributed by atoms with E-state index in [9.17, 15) is 9.90 Å². The molecule has 136 valence electrons. The molecule has 1 aromatic carbocycles. The topological polar surface area (TPSA) is 84.6 Å². The van der Waals surface area contributed by atoms with E-state index in [-0.39, 0.29) is 29.7 Å². The Hall–Kier alpha value is -2.34. The second kappa shape index (κ2) is 7.70. The summed E-state index contributed by atoms with van der Waals surface area (Å²) in [5, 5.41) is 16.8. The molecule has 2 rings (SSSR count). The number of amides is 1. The van der Waals surface area contributed by atoms with Crippen LogP contribution in [0.1, 0.15) is 62.5 Å². The van der Waals surface area contributed by atoms with Crippen LogP contribution in [0.25, 0.3) is 0 Å². The van der Waals surface area contributed by atoms with Crippen LogP contribution < -0.4 is 10.1 Å². The Morgan fingerprint density at radius 2 is 2.04 bits per heavy atom. The molecule has 1 heterocycles. The highest BCUT2D eigenvalue weighted by Gasteiger charge is 2.22. The molecule has 0 aliphatic carbocycles. The normalized spacial score (nSPS) is 12.9. The van der Waals surface area contributed by atoms with E-state index < -0.39 is 6.10 Å². The van der Waals surface area contributed by atoms with Crippen molar-refractivity contribution in [3.8, 4) is 5.75 Å². The fraction of sp³-hybridized carbons (Fsp3) is 0.474. The molecule has 0 saturated heterocycles. The van der Waals surface area contributed by atoms with E-state index in [4.69, 9.17) is 9.26 Å². The molecule has 0 aliphatic heterocycles. The summed E-state index contributed by atoms with van der Waals surface area (Å²) >= 11 is 0. The van der Waals surface area contributed by atoms with E-state index in [1.54, 1.807) is 18.2 Å². The van der Waals surface area contributed by atoms with Crippen molar-refractivity contribution in [2.75, 3.05) is 6.54 Å². The minimum atomic E-state index is -0.839. The number of ether oxygens (including phenoxy) is 1. The maximum absolute atomic E-state index is 12.2. The van der Waals surface area contributed by atoms with Crippen molar-refractivity contribution in [3.05, 3.63) is 47.3 Å². The van der Waals surface area contributed by atoms with E-state index in [0.29, 0.717) is 17.1 Å². The number of nitrogens with one attached hydrogen (secondary N) is 1. The number of aliphatic hydroxyl groups is 1. The van der Waals surface area contributed by atoms with Gasteiger partial charge in [0.15, 0.2) is 5.69 Å². The minimum Gasteiger partial charge on any atom is -0.491 e. The average Bonchev–Trinajstić information content (AvgIpc) is 3.02. The molecular formula is C19H26N2O4. The first-order valence-corrected chi connectivity index (χ1v) is 8.37. The molecule has 2 N–H and O–H groups in total. The quantitative estimate of drug-likeness (QED) is 0.839. The van der Waals surface area contributed by atoms with Crippen molar-refractivity contribution in [1.29, 1.82) is 0 Å². The molecule has 1 aromatic heterocycles. The number of aliphatic hydroxyl groups excluding tert-OH is 1. The third-order valence-corrected chi connectivity index (χ3v) is 3.55. The summed E-state index contributed by atoms with van der Waals surface area (Å²) < 4.78 is 10.8. The van der Waals surface area contributed by atoms with Crippen molar-refractivity contribution in [2.24, 2.45) is 0 Å². The molecule has 0 bridgehead atoms. The molecule has 1 unspecified atom stereocenters. The van der Waals surface area contributed by atoms with Crippen LogP contribution >= 0.6 is 0 Å². The van der Waals surface area contributed by atoms with Crippen LogP contribution in [0.4, 0.5) is 0 Å². The van der Waals surface area contributed by atoms with Crippen LogP contribution in [-0.2, 0) is 5.41 Å². The average molecular weight is 346 g/mol. The third-order valence-electron chi connectivity index (χ3n) is 3.55. The maximum atomic E-state index is 12.2. The number of hydrogen-bond donors (Lipinski definition) is 2. The Labute approximate surface area is 148 Å². The summed E-state index contributed by atoms with van der Waals surface area (Å²) in [6.07, 6.45) is -0.787. The van der Waals surface area contributed by atoms with Crippen molar-refractivity contribution in [1.82, 2.24) is 10.5 Å². The Morgan fingerprint density at radius 1 is 1.32 bits per heavy atom. The molecule has 2 aromatic rings. The summed E-state index contributed by atoms with van der Waals surface area (Å²) in [7, 11) is 0. The van der Waals surface area contributed by atoms with Gasteiger partial charge in [0, 0.05) is 18.0 Å². The SMILES string of the molecule is CC(C)Oc1cccc(C(O)CNC(=O)c2cc(C(C)(C)C)on2)c1. The fourth-order valence-corrected chi connectivity index (χ4v) is 2.20. The van der Waals surface area contributed by atoms with Gasteiger partial charge in [-0.05, 0) is 31.5 Å². The van der Waals surface area contributed by atoms with Gasteiger partial charge in [-0.15, -0.1) is 0 Å². The number of nitrogens with zero attached hydrogens (tertiary/aromatic N) is 1. The molecule has 25 heavy (non-hydrogen) atoms. The van der Waals surface area contributed by atoms with Gasteiger partial charge in [0.2, 0.25) is 0 Å². The number of hydrogen-bond acceptors (Lipinski definition) is 5. The van der Waals surface area contributed by atoms with Crippen molar-refractivity contribution < 1.29 is 19.2 Å². The second-order valence-electron chi connectivity index (χ2n) is 7.29. The van der Waals surface area contributed by atoms with Gasteiger partial charge in [-0.3, -0.25) is 4.79 Å². The number of carbonyl (C=O) groups is 1. The second-order valence-corrected chi connectivity index (χ2v) is 7.29. The van der Waals surface area contributed by atoms with Gasteiger partial charge in [0.25, 0.3) is 5.91 Å². The Bertz CT molecular complexity index is 716. The predicted molar refractivity (Wildman–Crippen MR) is 94.7 cm³/mol. The molecular weight excluding hydrogens is 320 g/mol. The largest absolute Gasteiger partial charge is 0.491 e. The minimum absolute atomic E-state index is 0.0521. The van der Waals surface area contributed by atoms with Gasteiger partial charge in [0.1, 0.15) is 11.5 Å². The summed E-state index contributed by atoms with van der Waals surface area (Å²) in [4.78, 5) is 12.2.